The molecule has 2 rings (SSSR count). The quantitative estimate of drug-likeness (QED) is 0.343. The summed E-state index contributed by atoms with van der Waals surface area (Å²) >= 11 is 0. The van der Waals surface area contributed by atoms with E-state index < -0.39 is 4.92 Å². The Balaban J connectivity index is 2.74. The normalized spacial score (nSPS) is 10.2. The summed E-state index contributed by atoms with van der Waals surface area (Å²) in [4.78, 5) is 10.4. The monoisotopic (exact) mass is 230 g/mol. The lowest BCUT2D eigenvalue weighted by molar-refractivity contribution is -0.604. The largest absolute Gasteiger partial charge is 0.618 e. The van der Waals surface area contributed by atoms with Crippen molar-refractivity contribution in [1.82, 2.24) is 0 Å². The third-order valence-corrected chi connectivity index (χ3v) is 2.49. The fourth-order valence-corrected chi connectivity index (χ4v) is 1.64. The second-order valence-electron chi connectivity index (χ2n) is 3.63. The summed E-state index contributed by atoms with van der Waals surface area (Å²) < 4.78 is 0.591. The molecule has 0 aliphatic carbocycles. The maximum atomic E-state index is 11.9. The molecule has 86 valence electrons. The van der Waals surface area contributed by atoms with Crippen molar-refractivity contribution >= 4 is 5.69 Å². The summed E-state index contributed by atoms with van der Waals surface area (Å²) in [5, 5.41) is 22.8. The van der Waals surface area contributed by atoms with Gasteiger partial charge in [0.25, 0.3) is 0 Å². The molecule has 0 spiro atoms. The maximum absolute atomic E-state index is 11.9. The van der Waals surface area contributed by atoms with E-state index in [2.05, 4.69) is 0 Å². The van der Waals surface area contributed by atoms with Crippen molar-refractivity contribution in [1.29, 1.82) is 0 Å². The molecule has 2 aromatic rings. The number of benzene rings is 1. The van der Waals surface area contributed by atoms with Gasteiger partial charge in [-0.3, -0.25) is 10.1 Å². The van der Waals surface area contributed by atoms with Crippen LogP contribution in [0.15, 0.2) is 42.5 Å². The van der Waals surface area contributed by atoms with E-state index in [0.717, 1.165) is 0 Å². The summed E-state index contributed by atoms with van der Waals surface area (Å²) in [7, 11) is 0. The second kappa shape index (κ2) is 4.21. The van der Waals surface area contributed by atoms with Crippen LogP contribution in [-0.2, 0) is 0 Å². The van der Waals surface area contributed by atoms with E-state index in [1.807, 2.05) is 0 Å². The Labute approximate surface area is 97.7 Å². The molecule has 1 aromatic carbocycles. The Kier molecular flexibility index (Phi) is 2.74. The average Bonchev–Trinajstić information content (AvgIpc) is 2.33. The van der Waals surface area contributed by atoms with Crippen LogP contribution in [0.3, 0.4) is 0 Å². The Hall–Kier alpha value is -2.43. The molecule has 0 saturated carbocycles. The minimum atomic E-state index is -0.545. The number of aromatic nitrogens is 1. The first-order valence-corrected chi connectivity index (χ1v) is 5.04. The Morgan fingerprint density at radius 3 is 2.35 bits per heavy atom. The van der Waals surface area contributed by atoms with Gasteiger partial charge in [-0.25, -0.2) is 0 Å². The van der Waals surface area contributed by atoms with E-state index in [1.54, 1.807) is 37.3 Å². The van der Waals surface area contributed by atoms with E-state index in [4.69, 9.17) is 0 Å². The van der Waals surface area contributed by atoms with E-state index in [0.29, 0.717) is 16.0 Å². The van der Waals surface area contributed by atoms with Gasteiger partial charge >= 0.3 is 11.4 Å². The highest BCUT2D eigenvalue weighted by Gasteiger charge is 2.25. The smallest absolute Gasteiger partial charge is 0.342 e. The van der Waals surface area contributed by atoms with E-state index >= 15 is 0 Å². The van der Waals surface area contributed by atoms with Crippen LogP contribution in [0.25, 0.3) is 11.3 Å². The highest BCUT2D eigenvalue weighted by atomic mass is 16.6. The van der Waals surface area contributed by atoms with Gasteiger partial charge in [0, 0.05) is 19.1 Å². The third-order valence-electron chi connectivity index (χ3n) is 2.49. The Morgan fingerprint density at radius 1 is 1.12 bits per heavy atom. The lowest BCUT2D eigenvalue weighted by atomic mass is 10.1. The highest BCUT2D eigenvalue weighted by molar-refractivity contribution is 5.66. The van der Waals surface area contributed by atoms with Crippen LogP contribution in [0.2, 0.25) is 0 Å². The summed E-state index contributed by atoms with van der Waals surface area (Å²) in [5.74, 6) is 0. The molecule has 0 fully saturated rings. The summed E-state index contributed by atoms with van der Waals surface area (Å²) in [6.07, 6.45) is 0. The maximum Gasteiger partial charge on any atom is 0.342 e. The number of hydrogen-bond donors (Lipinski definition) is 0. The number of rotatable bonds is 2. The number of aryl methyl sites for hydroxylation is 1. The number of hydrogen-bond acceptors (Lipinski definition) is 3. The molecule has 5 nitrogen and oxygen atoms in total. The first-order valence-electron chi connectivity index (χ1n) is 5.04. The molecular formula is C12H10N2O3. The van der Waals surface area contributed by atoms with Crippen LogP contribution in [0.1, 0.15) is 5.69 Å². The molecule has 1 heterocycles. The highest BCUT2D eigenvalue weighted by Crippen LogP contribution is 2.26. The average molecular weight is 230 g/mol. The molecule has 0 radical (unpaired) electrons. The van der Waals surface area contributed by atoms with E-state index in [1.165, 1.54) is 12.1 Å². The van der Waals surface area contributed by atoms with Crippen molar-refractivity contribution in [3.63, 3.8) is 0 Å². The van der Waals surface area contributed by atoms with Gasteiger partial charge in [0.2, 0.25) is 0 Å². The molecular weight excluding hydrogens is 220 g/mol. The number of nitrogens with zero attached hydrogens (tertiary/aromatic N) is 2. The molecule has 0 N–H and O–H groups in total. The molecule has 5 heteroatoms. The molecule has 0 atom stereocenters. The van der Waals surface area contributed by atoms with Crippen LogP contribution < -0.4 is 4.73 Å². The standard InChI is InChI=1S/C12H10N2O3/c1-9-7-8-11(14(16)17)12(13(9)15)10-5-3-2-4-6-10/h2-8H,1H3. The van der Waals surface area contributed by atoms with E-state index in [9.17, 15) is 15.3 Å². The van der Waals surface area contributed by atoms with Crippen molar-refractivity contribution in [2.45, 2.75) is 6.92 Å². The Morgan fingerprint density at radius 2 is 1.76 bits per heavy atom. The fourth-order valence-electron chi connectivity index (χ4n) is 1.64. The minimum absolute atomic E-state index is 0.0793. The lowest BCUT2D eigenvalue weighted by Crippen LogP contribution is -2.33. The van der Waals surface area contributed by atoms with Gasteiger partial charge < -0.3 is 5.21 Å². The molecule has 17 heavy (non-hydrogen) atoms. The van der Waals surface area contributed by atoms with Gasteiger partial charge in [-0.05, 0) is 12.1 Å². The van der Waals surface area contributed by atoms with Crippen molar-refractivity contribution in [2.24, 2.45) is 0 Å². The molecule has 1 aromatic heterocycles. The van der Waals surface area contributed by atoms with E-state index in [-0.39, 0.29) is 11.4 Å². The summed E-state index contributed by atoms with van der Waals surface area (Å²) in [6, 6.07) is 11.4. The summed E-state index contributed by atoms with van der Waals surface area (Å²) in [5.41, 5.74) is 0.861. The first kappa shape index (κ1) is 11.1. The number of pyridine rings is 1. The number of nitro groups is 1. The van der Waals surface area contributed by atoms with Gasteiger partial charge in [-0.2, -0.15) is 4.73 Å². The van der Waals surface area contributed by atoms with Gasteiger partial charge in [0.15, 0.2) is 5.69 Å². The lowest BCUT2D eigenvalue weighted by Gasteiger charge is -2.07. The van der Waals surface area contributed by atoms with Crippen LogP contribution >= 0.6 is 0 Å². The van der Waals surface area contributed by atoms with Crippen LogP contribution in [-0.4, -0.2) is 4.92 Å². The first-order chi connectivity index (χ1) is 8.11. The van der Waals surface area contributed by atoms with Crippen molar-refractivity contribution in [2.75, 3.05) is 0 Å². The van der Waals surface area contributed by atoms with Crippen LogP contribution in [0.5, 0.6) is 0 Å². The van der Waals surface area contributed by atoms with Gasteiger partial charge in [0.05, 0.1) is 10.5 Å². The second-order valence-corrected chi connectivity index (χ2v) is 3.63. The van der Waals surface area contributed by atoms with Gasteiger partial charge in [0.1, 0.15) is 0 Å². The van der Waals surface area contributed by atoms with Gasteiger partial charge in [-0.15, -0.1) is 0 Å². The Bertz CT molecular complexity index is 567. The van der Waals surface area contributed by atoms with Crippen molar-refractivity contribution in [3.8, 4) is 11.3 Å². The zero-order valence-corrected chi connectivity index (χ0v) is 9.16. The van der Waals surface area contributed by atoms with Gasteiger partial charge in [-0.1, -0.05) is 18.2 Å². The molecule has 0 saturated heterocycles. The zero-order chi connectivity index (χ0) is 12.4. The SMILES string of the molecule is Cc1ccc([N+](=O)[O-])c(-c2ccccc2)[n+]1[O-]. The molecule has 0 amide bonds. The molecule has 0 unspecified atom stereocenters. The predicted molar refractivity (Wildman–Crippen MR) is 62.2 cm³/mol. The summed E-state index contributed by atoms with van der Waals surface area (Å²) in [6.45, 7) is 1.61. The van der Waals surface area contributed by atoms with Crippen LogP contribution in [0.4, 0.5) is 5.69 Å². The minimum Gasteiger partial charge on any atom is -0.618 e. The molecule has 0 aliphatic heterocycles. The predicted octanol–water partition coefficient (Wildman–Crippen LogP) is 2.20. The van der Waals surface area contributed by atoms with Crippen molar-refractivity contribution < 1.29 is 9.65 Å². The fraction of sp³-hybridized carbons (Fsp3) is 0.0833. The zero-order valence-electron chi connectivity index (χ0n) is 9.16. The van der Waals surface area contributed by atoms with Crippen LogP contribution in [0, 0.1) is 22.2 Å². The molecule has 0 aliphatic rings. The third kappa shape index (κ3) is 1.94. The van der Waals surface area contributed by atoms with Crippen molar-refractivity contribution in [3.05, 3.63) is 63.5 Å². The molecule has 0 bridgehead atoms. The topological polar surface area (TPSA) is 70.1 Å².